The van der Waals surface area contributed by atoms with Gasteiger partial charge in [0.05, 0.1) is 16.2 Å². The molecule has 0 aliphatic heterocycles. The zero-order valence-corrected chi connectivity index (χ0v) is 18.3. The second kappa shape index (κ2) is 9.60. The number of nitrogens with zero attached hydrogens (tertiary/aromatic N) is 2. The summed E-state index contributed by atoms with van der Waals surface area (Å²) in [5.41, 5.74) is 2.61. The van der Waals surface area contributed by atoms with E-state index in [9.17, 15) is 19.7 Å². The number of esters is 1. The Balaban J connectivity index is 1.49. The lowest BCUT2D eigenvalue weighted by Crippen LogP contribution is -2.17. The Labute approximate surface area is 196 Å². The molecule has 1 amide bonds. The third kappa shape index (κ3) is 4.89. The highest BCUT2D eigenvalue weighted by Gasteiger charge is 2.19. The van der Waals surface area contributed by atoms with Crippen LogP contribution in [0.5, 0.6) is 5.75 Å². The number of nitrogens with one attached hydrogen (secondary N) is 1. The summed E-state index contributed by atoms with van der Waals surface area (Å²) in [6.45, 7) is 0. The number of fused-ring (bicyclic) bond motifs is 1. The van der Waals surface area contributed by atoms with E-state index in [0.717, 1.165) is 16.2 Å². The number of amides is 1. The van der Waals surface area contributed by atoms with Crippen LogP contribution in [0.15, 0.2) is 77.9 Å². The highest BCUT2D eigenvalue weighted by atomic mass is 35.5. The average Bonchev–Trinajstić information content (AvgIpc) is 3.17. The summed E-state index contributed by atoms with van der Waals surface area (Å²) in [6.07, 6.45) is 1.31. The molecule has 0 saturated carbocycles. The number of halogens is 1. The molecule has 1 aromatic heterocycles. The predicted molar refractivity (Wildman–Crippen MR) is 126 cm³/mol. The number of rotatable bonds is 6. The van der Waals surface area contributed by atoms with Gasteiger partial charge in [0, 0.05) is 33.3 Å². The average molecular weight is 480 g/mol. The van der Waals surface area contributed by atoms with E-state index in [-0.39, 0.29) is 21.9 Å². The van der Waals surface area contributed by atoms with Gasteiger partial charge >= 0.3 is 5.97 Å². The van der Waals surface area contributed by atoms with E-state index in [2.05, 4.69) is 10.5 Å². The van der Waals surface area contributed by atoms with Crippen LogP contribution in [-0.2, 0) is 0 Å². The standard InChI is InChI=1S/C23H14ClN3O5S/c24-20-17-9-2-4-11-19(17)33-21(20)23(29)32-18-10-3-1-6-15(18)13-25-26-22(28)14-7-5-8-16(12-14)27(30)31/h1-13H,(H,26,28). The molecule has 0 aliphatic rings. The SMILES string of the molecule is O=C(NN=Cc1ccccc1OC(=O)c1sc2ccccc2c1Cl)c1cccc([N+](=O)[O-])c1. The molecule has 0 saturated heterocycles. The third-order valence-corrected chi connectivity index (χ3v) is 6.19. The molecule has 0 bridgehead atoms. The number of para-hydroxylation sites is 1. The molecular weight excluding hydrogens is 466 g/mol. The highest BCUT2D eigenvalue weighted by Crippen LogP contribution is 2.36. The molecule has 0 radical (unpaired) electrons. The summed E-state index contributed by atoms with van der Waals surface area (Å²) in [7, 11) is 0. The minimum atomic E-state index is -0.624. The summed E-state index contributed by atoms with van der Waals surface area (Å²) < 4.78 is 6.40. The van der Waals surface area contributed by atoms with Crippen LogP contribution in [-0.4, -0.2) is 23.0 Å². The number of non-ortho nitro benzene ring substituents is 1. The molecule has 0 unspecified atom stereocenters. The van der Waals surface area contributed by atoms with E-state index >= 15 is 0 Å². The van der Waals surface area contributed by atoms with Gasteiger partial charge in [0.1, 0.15) is 10.6 Å². The van der Waals surface area contributed by atoms with Crippen LogP contribution in [0, 0.1) is 10.1 Å². The van der Waals surface area contributed by atoms with Crippen LogP contribution < -0.4 is 10.2 Å². The van der Waals surface area contributed by atoms with Crippen molar-refractivity contribution in [3.05, 3.63) is 104 Å². The first kappa shape index (κ1) is 22.1. The van der Waals surface area contributed by atoms with Crippen LogP contribution in [0.4, 0.5) is 5.69 Å². The van der Waals surface area contributed by atoms with Crippen molar-refractivity contribution in [1.29, 1.82) is 0 Å². The van der Waals surface area contributed by atoms with Gasteiger partial charge < -0.3 is 4.74 Å². The quantitative estimate of drug-likeness (QED) is 0.130. The number of hydrogen-bond donors (Lipinski definition) is 1. The Hall–Kier alpha value is -4.08. The smallest absolute Gasteiger partial charge is 0.355 e. The van der Waals surface area contributed by atoms with Gasteiger partial charge in [-0.3, -0.25) is 14.9 Å². The minimum Gasteiger partial charge on any atom is -0.422 e. The summed E-state index contributed by atoms with van der Waals surface area (Å²) in [6, 6.07) is 19.3. The molecule has 4 rings (SSSR count). The summed E-state index contributed by atoms with van der Waals surface area (Å²) in [5, 5.41) is 15.8. The Morgan fingerprint density at radius 3 is 2.61 bits per heavy atom. The number of nitro groups is 1. The van der Waals surface area contributed by atoms with Crippen molar-refractivity contribution in [3.63, 3.8) is 0 Å². The maximum absolute atomic E-state index is 12.7. The fourth-order valence-electron chi connectivity index (χ4n) is 2.96. The van der Waals surface area contributed by atoms with Gasteiger partial charge in [0.2, 0.25) is 0 Å². The predicted octanol–water partition coefficient (Wildman–Crippen LogP) is 5.45. The van der Waals surface area contributed by atoms with Crippen LogP contribution in [0.25, 0.3) is 10.1 Å². The molecule has 1 heterocycles. The number of benzene rings is 3. The molecule has 33 heavy (non-hydrogen) atoms. The van der Waals surface area contributed by atoms with Gasteiger partial charge in [-0.25, -0.2) is 10.2 Å². The Morgan fingerprint density at radius 2 is 1.82 bits per heavy atom. The summed E-state index contributed by atoms with van der Waals surface area (Å²) >= 11 is 7.59. The van der Waals surface area contributed by atoms with Crippen molar-refractivity contribution in [2.45, 2.75) is 0 Å². The molecule has 1 N–H and O–H groups in total. The lowest BCUT2D eigenvalue weighted by atomic mass is 10.2. The fraction of sp³-hybridized carbons (Fsp3) is 0. The first-order chi connectivity index (χ1) is 15.9. The van der Waals surface area contributed by atoms with E-state index in [0.29, 0.717) is 10.6 Å². The van der Waals surface area contributed by atoms with E-state index < -0.39 is 16.8 Å². The van der Waals surface area contributed by atoms with Gasteiger partial charge in [0.15, 0.2) is 0 Å². The third-order valence-electron chi connectivity index (χ3n) is 4.53. The topological polar surface area (TPSA) is 111 Å². The van der Waals surface area contributed by atoms with Crippen molar-refractivity contribution < 1.29 is 19.2 Å². The van der Waals surface area contributed by atoms with Crippen LogP contribution in [0.2, 0.25) is 5.02 Å². The summed E-state index contributed by atoms with van der Waals surface area (Å²) in [5.74, 6) is -1.01. The number of hydrazone groups is 1. The van der Waals surface area contributed by atoms with Gasteiger partial charge in [-0.2, -0.15) is 5.10 Å². The molecule has 3 aromatic carbocycles. The summed E-state index contributed by atoms with van der Waals surface area (Å²) in [4.78, 5) is 35.5. The van der Waals surface area contributed by atoms with Crippen molar-refractivity contribution in [3.8, 4) is 5.75 Å². The largest absolute Gasteiger partial charge is 0.422 e. The fourth-order valence-corrected chi connectivity index (χ4v) is 4.34. The number of carbonyl (C=O) groups is 2. The number of hydrogen-bond acceptors (Lipinski definition) is 7. The molecule has 164 valence electrons. The van der Waals surface area contributed by atoms with Crippen LogP contribution in [0.3, 0.4) is 0 Å². The maximum Gasteiger partial charge on any atom is 0.355 e. The highest BCUT2D eigenvalue weighted by molar-refractivity contribution is 7.21. The van der Waals surface area contributed by atoms with E-state index in [1.54, 1.807) is 24.3 Å². The molecule has 0 fully saturated rings. The lowest BCUT2D eigenvalue weighted by Gasteiger charge is -2.06. The second-order valence-corrected chi connectivity index (χ2v) is 8.11. The number of thiophene rings is 1. The van der Waals surface area contributed by atoms with Crippen molar-refractivity contribution in [1.82, 2.24) is 5.43 Å². The Morgan fingerprint density at radius 1 is 1.06 bits per heavy atom. The van der Waals surface area contributed by atoms with E-state index in [1.165, 1.54) is 35.8 Å². The number of carbonyl (C=O) groups excluding carboxylic acids is 2. The van der Waals surface area contributed by atoms with Crippen molar-refractivity contribution in [2.24, 2.45) is 5.10 Å². The molecular formula is C23H14ClN3O5S. The monoisotopic (exact) mass is 479 g/mol. The molecule has 4 aromatic rings. The molecule has 10 heteroatoms. The molecule has 0 spiro atoms. The molecule has 0 aliphatic carbocycles. The first-order valence-electron chi connectivity index (χ1n) is 9.50. The Kier molecular flexibility index (Phi) is 6.43. The zero-order chi connectivity index (χ0) is 23.4. The van der Waals surface area contributed by atoms with Crippen LogP contribution >= 0.6 is 22.9 Å². The lowest BCUT2D eigenvalue weighted by molar-refractivity contribution is -0.384. The van der Waals surface area contributed by atoms with Crippen molar-refractivity contribution in [2.75, 3.05) is 0 Å². The zero-order valence-electron chi connectivity index (χ0n) is 16.7. The molecule has 0 atom stereocenters. The number of ether oxygens (including phenoxy) is 1. The number of nitro benzene ring substituents is 1. The van der Waals surface area contributed by atoms with Gasteiger partial charge in [-0.05, 0) is 24.3 Å². The maximum atomic E-state index is 12.7. The van der Waals surface area contributed by atoms with Crippen LogP contribution in [0.1, 0.15) is 25.6 Å². The Bertz CT molecular complexity index is 1420. The van der Waals surface area contributed by atoms with Gasteiger partial charge in [0.25, 0.3) is 11.6 Å². The van der Waals surface area contributed by atoms with Gasteiger partial charge in [-0.15, -0.1) is 11.3 Å². The van der Waals surface area contributed by atoms with E-state index in [1.807, 2.05) is 24.3 Å². The minimum absolute atomic E-state index is 0.0838. The normalized spacial score (nSPS) is 10.9. The van der Waals surface area contributed by atoms with E-state index in [4.69, 9.17) is 16.3 Å². The molecule has 8 nitrogen and oxygen atoms in total. The van der Waals surface area contributed by atoms with Gasteiger partial charge in [-0.1, -0.05) is 48.0 Å². The second-order valence-electron chi connectivity index (χ2n) is 6.68. The first-order valence-corrected chi connectivity index (χ1v) is 10.7. The van der Waals surface area contributed by atoms with Crippen molar-refractivity contribution >= 4 is 56.8 Å².